The van der Waals surface area contributed by atoms with E-state index in [1.54, 1.807) is 0 Å². The Morgan fingerprint density at radius 2 is 1.00 bits per heavy atom. The van der Waals surface area contributed by atoms with Gasteiger partial charge >= 0.3 is 0 Å². The van der Waals surface area contributed by atoms with Gasteiger partial charge in [-0.2, -0.15) is 0 Å². The molecule has 2 heterocycles. The van der Waals surface area contributed by atoms with Crippen LogP contribution in [0.4, 0.5) is 0 Å². The second kappa shape index (κ2) is 11.2. The molecule has 0 aliphatic heterocycles. The van der Waals surface area contributed by atoms with Gasteiger partial charge in [0.2, 0.25) is 0 Å². The second-order valence-corrected chi connectivity index (χ2v) is 7.82. The van der Waals surface area contributed by atoms with Gasteiger partial charge < -0.3 is 4.90 Å². The Morgan fingerprint density at radius 1 is 0.548 bits per heavy atom. The first-order valence-electron chi connectivity index (χ1n) is 11.0. The van der Waals surface area contributed by atoms with Crippen LogP contribution in [0.1, 0.15) is 28.4 Å². The van der Waals surface area contributed by atoms with Crippen LogP contribution in [-0.2, 0) is 12.8 Å². The fourth-order valence-corrected chi connectivity index (χ4v) is 3.96. The molecule has 0 aliphatic carbocycles. The molecule has 0 N–H and O–H groups in total. The number of rotatable bonds is 10. The maximum Gasteiger partial charge on any atom is 0.0416 e. The minimum atomic E-state index is 0.329. The first-order chi connectivity index (χ1) is 15.4. The van der Waals surface area contributed by atoms with Gasteiger partial charge in [0.1, 0.15) is 0 Å². The Kier molecular flexibility index (Phi) is 7.56. The van der Waals surface area contributed by atoms with Crippen LogP contribution in [0.3, 0.4) is 0 Å². The number of benzene rings is 2. The summed E-state index contributed by atoms with van der Waals surface area (Å²) in [6, 6.07) is 34.0. The van der Waals surface area contributed by atoms with Crippen molar-refractivity contribution in [3.63, 3.8) is 0 Å². The van der Waals surface area contributed by atoms with Gasteiger partial charge in [-0.15, -0.1) is 0 Å². The van der Waals surface area contributed by atoms with E-state index in [4.69, 9.17) is 0 Å². The maximum atomic E-state index is 4.53. The van der Waals surface area contributed by atoms with Crippen molar-refractivity contribution in [2.45, 2.75) is 18.8 Å². The largest absolute Gasteiger partial charge is 0.302 e. The second-order valence-electron chi connectivity index (χ2n) is 7.82. The predicted octanol–water partition coefficient (Wildman–Crippen LogP) is 5.40. The van der Waals surface area contributed by atoms with E-state index < -0.39 is 0 Å². The third kappa shape index (κ3) is 6.34. The molecule has 4 aromatic rings. The van der Waals surface area contributed by atoms with Gasteiger partial charge in [0.05, 0.1) is 0 Å². The lowest BCUT2D eigenvalue weighted by Crippen LogP contribution is -2.33. The van der Waals surface area contributed by atoms with E-state index in [-0.39, 0.29) is 0 Å². The van der Waals surface area contributed by atoms with E-state index >= 15 is 0 Å². The number of aromatic nitrogens is 2. The summed E-state index contributed by atoms with van der Waals surface area (Å²) < 4.78 is 0. The van der Waals surface area contributed by atoms with Crippen molar-refractivity contribution in [3.05, 3.63) is 132 Å². The van der Waals surface area contributed by atoms with Crippen molar-refractivity contribution >= 4 is 0 Å². The highest BCUT2D eigenvalue weighted by Crippen LogP contribution is 2.26. The summed E-state index contributed by atoms with van der Waals surface area (Å²) >= 11 is 0. The molecule has 2 aromatic heterocycles. The summed E-state index contributed by atoms with van der Waals surface area (Å²) in [5, 5.41) is 0. The summed E-state index contributed by atoms with van der Waals surface area (Å²) in [4.78, 5) is 11.6. The van der Waals surface area contributed by atoms with Gasteiger partial charge in [-0.3, -0.25) is 9.97 Å². The molecule has 3 heteroatoms. The molecule has 0 aliphatic rings. The first kappa shape index (κ1) is 21.0. The lowest BCUT2D eigenvalue weighted by molar-refractivity contribution is 0.270. The maximum absolute atomic E-state index is 4.53. The molecule has 0 amide bonds. The molecule has 2 aromatic carbocycles. The van der Waals surface area contributed by atoms with E-state index in [9.17, 15) is 0 Å². The quantitative estimate of drug-likeness (QED) is 0.353. The number of hydrogen-bond donors (Lipinski definition) is 0. The fourth-order valence-electron chi connectivity index (χ4n) is 3.96. The minimum absolute atomic E-state index is 0.329. The Hall–Kier alpha value is -3.30. The van der Waals surface area contributed by atoms with Crippen LogP contribution in [-0.4, -0.2) is 34.5 Å². The van der Waals surface area contributed by atoms with Gasteiger partial charge in [-0.1, -0.05) is 72.8 Å². The van der Waals surface area contributed by atoms with Crippen LogP contribution in [0.2, 0.25) is 0 Å². The van der Waals surface area contributed by atoms with Crippen LogP contribution < -0.4 is 0 Å². The average molecular weight is 408 g/mol. The number of nitrogens with zero attached hydrogens (tertiary/aromatic N) is 3. The Balaban J connectivity index is 1.54. The highest BCUT2D eigenvalue weighted by molar-refractivity contribution is 5.32. The summed E-state index contributed by atoms with van der Waals surface area (Å²) in [6.07, 6.45) is 5.65. The Bertz CT molecular complexity index is 922. The van der Waals surface area contributed by atoms with Gasteiger partial charge in [0, 0.05) is 62.2 Å². The van der Waals surface area contributed by atoms with Crippen LogP contribution in [0.5, 0.6) is 0 Å². The van der Waals surface area contributed by atoms with E-state index in [1.807, 2.05) is 24.5 Å². The molecular formula is C28H29N3. The molecule has 0 unspecified atom stereocenters. The molecule has 3 nitrogen and oxygen atoms in total. The smallest absolute Gasteiger partial charge is 0.0416 e. The summed E-state index contributed by atoms with van der Waals surface area (Å²) in [5.41, 5.74) is 4.99. The van der Waals surface area contributed by atoms with Gasteiger partial charge in [0.15, 0.2) is 0 Å². The summed E-state index contributed by atoms with van der Waals surface area (Å²) in [6.45, 7) is 2.91. The third-order valence-electron chi connectivity index (χ3n) is 5.67. The fraction of sp³-hybridized carbons (Fsp3) is 0.214. The molecule has 0 radical (unpaired) electrons. The zero-order chi connectivity index (χ0) is 21.1. The number of hydrogen-bond acceptors (Lipinski definition) is 3. The first-order valence-corrected chi connectivity index (χ1v) is 11.0. The molecule has 0 fully saturated rings. The predicted molar refractivity (Wildman–Crippen MR) is 127 cm³/mol. The SMILES string of the molecule is c1ccc(C(CN(CCc2ccccn2)CCc2ccccn2)c2ccccc2)cc1. The van der Waals surface area contributed by atoms with Crippen molar-refractivity contribution in [2.24, 2.45) is 0 Å². The summed E-state index contributed by atoms with van der Waals surface area (Å²) in [7, 11) is 0. The lowest BCUT2D eigenvalue weighted by atomic mass is 9.90. The highest BCUT2D eigenvalue weighted by Gasteiger charge is 2.18. The van der Waals surface area contributed by atoms with Crippen LogP contribution >= 0.6 is 0 Å². The molecule has 0 atom stereocenters. The Labute approximate surface area is 185 Å². The van der Waals surface area contributed by atoms with Gasteiger partial charge in [-0.25, -0.2) is 0 Å². The van der Waals surface area contributed by atoms with E-state index in [2.05, 4.69) is 99.8 Å². The molecule has 156 valence electrons. The zero-order valence-electron chi connectivity index (χ0n) is 17.8. The third-order valence-corrected chi connectivity index (χ3v) is 5.67. The molecule has 0 saturated heterocycles. The van der Waals surface area contributed by atoms with Gasteiger partial charge in [-0.05, 0) is 35.4 Å². The molecule has 0 saturated carbocycles. The molecule has 0 bridgehead atoms. The number of pyridine rings is 2. The van der Waals surface area contributed by atoms with Crippen LogP contribution in [0, 0.1) is 0 Å². The van der Waals surface area contributed by atoms with E-state index in [0.29, 0.717) is 5.92 Å². The summed E-state index contributed by atoms with van der Waals surface area (Å²) in [5.74, 6) is 0.329. The molecule has 4 rings (SSSR count). The standard InChI is InChI=1S/C28H29N3/c1-3-11-24(12-4-1)28(25-13-5-2-6-14-25)23-31(21-17-26-15-7-9-19-29-26)22-18-27-16-8-10-20-30-27/h1-16,19-20,28H,17-18,21-23H2. The topological polar surface area (TPSA) is 29.0 Å². The molecule has 31 heavy (non-hydrogen) atoms. The van der Waals surface area contributed by atoms with Crippen LogP contribution in [0.25, 0.3) is 0 Å². The lowest BCUT2D eigenvalue weighted by Gasteiger charge is -2.28. The van der Waals surface area contributed by atoms with Crippen molar-refractivity contribution in [2.75, 3.05) is 19.6 Å². The normalized spacial score (nSPS) is 11.2. The zero-order valence-corrected chi connectivity index (χ0v) is 17.8. The highest BCUT2D eigenvalue weighted by atomic mass is 15.1. The van der Waals surface area contributed by atoms with E-state index in [1.165, 1.54) is 11.1 Å². The van der Waals surface area contributed by atoms with Crippen LogP contribution in [0.15, 0.2) is 109 Å². The van der Waals surface area contributed by atoms with Crippen molar-refractivity contribution in [3.8, 4) is 0 Å². The van der Waals surface area contributed by atoms with Crippen molar-refractivity contribution in [1.29, 1.82) is 0 Å². The average Bonchev–Trinajstić information content (AvgIpc) is 2.86. The van der Waals surface area contributed by atoms with E-state index in [0.717, 1.165) is 43.9 Å². The molecule has 0 spiro atoms. The molecular weight excluding hydrogens is 378 g/mol. The minimum Gasteiger partial charge on any atom is -0.302 e. The van der Waals surface area contributed by atoms with Gasteiger partial charge in [0.25, 0.3) is 0 Å². The monoisotopic (exact) mass is 407 g/mol. The van der Waals surface area contributed by atoms with Crippen molar-refractivity contribution in [1.82, 2.24) is 14.9 Å². The van der Waals surface area contributed by atoms with Crippen molar-refractivity contribution < 1.29 is 0 Å². The Morgan fingerprint density at radius 3 is 1.42 bits per heavy atom.